The van der Waals surface area contributed by atoms with Gasteiger partial charge in [0, 0.05) is 13.3 Å². The van der Waals surface area contributed by atoms with Gasteiger partial charge in [-0.1, -0.05) is 0 Å². The van der Waals surface area contributed by atoms with Crippen LogP contribution < -0.4 is 0 Å². The Balaban J connectivity index is 1.88. The molecule has 0 aromatic carbocycles. The third-order valence-electron chi connectivity index (χ3n) is 1.87. The van der Waals surface area contributed by atoms with E-state index in [4.69, 9.17) is 14.2 Å². The van der Waals surface area contributed by atoms with Gasteiger partial charge < -0.3 is 14.2 Å². The second-order valence-corrected chi connectivity index (χ2v) is 4.38. The molecule has 0 radical (unpaired) electrons. The fourth-order valence-corrected chi connectivity index (χ4v) is 1.53. The van der Waals surface area contributed by atoms with Gasteiger partial charge in [-0.05, 0) is 22.6 Å². The Labute approximate surface area is 109 Å². The molecule has 0 aliphatic rings. The van der Waals surface area contributed by atoms with Crippen molar-refractivity contribution >= 4 is 22.6 Å². The van der Waals surface area contributed by atoms with Gasteiger partial charge in [0.2, 0.25) is 0 Å². The number of methoxy groups -OCH3 is 1. The summed E-state index contributed by atoms with van der Waals surface area (Å²) < 4.78 is 18.5. The number of hydrogen-bond donors (Lipinski definition) is 0. The summed E-state index contributed by atoms with van der Waals surface area (Å²) in [6.45, 7) is 3.91. The topological polar surface area (TPSA) is 45.5 Å². The zero-order valence-corrected chi connectivity index (χ0v) is 11.6. The molecule has 1 rings (SSSR count). The van der Waals surface area contributed by atoms with Crippen LogP contribution in [0.2, 0.25) is 0 Å². The summed E-state index contributed by atoms with van der Waals surface area (Å²) in [5.41, 5.74) is 0. The minimum absolute atomic E-state index is 0.611. The van der Waals surface area contributed by atoms with E-state index in [1.807, 2.05) is 17.1 Å². The average molecular weight is 340 g/mol. The van der Waals surface area contributed by atoms with Crippen LogP contribution in [0.4, 0.5) is 0 Å². The van der Waals surface area contributed by atoms with Crippen LogP contribution in [0.1, 0.15) is 0 Å². The SMILES string of the molecule is COCCOCCOCCn1cc(I)cn1. The molecule has 0 spiro atoms. The van der Waals surface area contributed by atoms with Crippen LogP contribution in [0.3, 0.4) is 0 Å². The van der Waals surface area contributed by atoms with Gasteiger partial charge in [0.15, 0.2) is 0 Å². The van der Waals surface area contributed by atoms with Crippen LogP contribution in [-0.4, -0.2) is 49.9 Å². The number of aromatic nitrogens is 2. The van der Waals surface area contributed by atoms with Crippen LogP contribution in [0.5, 0.6) is 0 Å². The summed E-state index contributed by atoms with van der Waals surface area (Å²) >= 11 is 2.23. The molecule has 5 nitrogen and oxygen atoms in total. The van der Waals surface area contributed by atoms with Crippen LogP contribution in [0.15, 0.2) is 12.4 Å². The fraction of sp³-hybridized carbons (Fsp3) is 0.700. The van der Waals surface area contributed by atoms with Crippen LogP contribution >= 0.6 is 22.6 Å². The van der Waals surface area contributed by atoms with E-state index < -0.39 is 0 Å². The first-order chi connectivity index (χ1) is 7.83. The van der Waals surface area contributed by atoms with Crippen molar-refractivity contribution in [3.63, 3.8) is 0 Å². The molecular weight excluding hydrogens is 323 g/mol. The highest BCUT2D eigenvalue weighted by Gasteiger charge is 1.95. The molecule has 0 aliphatic carbocycles. The Kier molecular flexibility index (Phi) is 7.73. The maximum atomic E-state index is 5.40. The van der Waals surface area contributed by atoms with E-state index in [-0.39, 0.29) is 0 Å². The smallest absolute Gasteiger partial charge is 0.0701 e. The fourth-order valence-electron chi connectivity index (χ4n) is 1.08. The predicted octanol–water partition coefficient (Wildman–Crippen LogP) is 1.17. The molecule has 1 aromatic heterocycles. The summed E-state index contributed by atoms with van der Waals surface area (Å²) in [5.74, 6) is 0. The van der Waals surface area contributed by atoms with Gasteiger partial charge in [-0.3, -0.25) is 4.68 Å². The first-order valence-corrected chi connectivity index (χ1v) is 6.23. The van der Waals surface area contributed by atoms with E-state index in [1.165, 1.54) is 0 Å². The van der Waals surface area contributed by atoms with Gasteiger partial charge >= 0.3 is 0 Å². The second-order valence-electron chi connectivity index (χ2n) is 3.14. The number of halogens is 1. The average Bonchev–Trinajstić information content (AvgIpc) is 2.68. The number of ether oxygens (including phenoxy) is 3. The predicted molar refractivity (Wildman–Crippen MR) is 68.5 cm³/mol. The third kappa shape index (κ3) is 6.41. The van der Waals surface area contributed by atoms with Gasteiger partial charge in [0.05, 0.1) is 49.3 Å². The Hall–Kier alpha value is -0.180. The van der Waals surface area contributed by atoms with Gasteiger partial charge in [0.1, 0.15) is 0 Å². The molecule has 0 saturated carbocycles. The molecule has 0 amide bonds. The Bertz CT molecular complexity index is 281. The molecule has 16 heavy (non-hydrogen) atoms. The van der Waals surface area contributed by atoms with E-state index in [0.717, 1.165) is 10.1 Å². The van der Waals surface area contributed by atoms with Crippen LogP contribution in [-0.2, 0) is 20.8 Å². The maximum Gasteiger partial charge on any atom is 0.0701 e. The van der Waals surface area contributed by atoms with Crippen molar-refractivity contribution in [3.8, 4) is 0 Å². The molecule has 0 unspecified atom stereocenters. The first-order valence-electron chi connectivity index (χ1n) is 5.15. The monoisotopic (exact) mass is 340 g/mol. The molecule has 92 valence electrons. The minimum atomic E-state index is 0.611. The third-order valence-corrected chi connectivity index (χ3v) is 2.43. The molecular formula is C10H17IN2O3. The molecule has 0 fully saturated rings. The van der Waals surface area contributed by atoms with Crippen molar-refractivity contribution in [2.45, 2.75) is 6.54 Å². The lowest BCUT2D eigenvalue weighted by Crippen LogP contribution is -2.11. The van der Waals surface area contributed by atoms with Crippen molar-refractivity contribution in [1.29, 1.82) is 0 Å². The Morgan fingerprint density at radius 3 is 2.50 bits per heavy atom. The summed E-state index contributed by atoms with van der Waals surface area (Å²) in [6, 6.07) is 0. The van der Waals surface area contributed by atoms with E-state index >= 15 is 0 Å². The van der Waals surface area contributed by atoms with Crippen molar-refractivity contribution in [1.82, 2.24) is 9.78 Å². The van der Waals surface area contributed by atoms with Crippen molar-refractivity contribution in [2.24, 2.45) is 0 Å². The Morgan fingerprint density at radius 1 is 1.19 bits per heavy atom. The molecule has 0 aliphatic heterocycles. The zero-order chi connectivity index (χ0) is 11.6. The van der Waals surface area contributed by atoms with E-state index in [0.29, 0.717) is 33.0 Å². The summed E-state index contributed by atoms with van der Waals surface area (Å²) in [4.78, 5) is 0. The van der Waals surface area contributed by atoms with Crippen molar-refractivity contribution in [3.05, 3.63) is 16.0 Å². The second kappa shape index (κ2) is 8.91. The van der Waals surface area contributed by atoms with Gasteiger partial charge in [-0.2, -0.15) is 5.10 Å². The molecule has 0 atom stereocenters. The minimum Gasteiger partial charge on any atom is -0.382 e. The normalized spacial score (nSPS) is 10.9. The summed E-state index contributed by atoms with van der Waals surface area (Å²) in [7, 11) is 1.66. The zero-order valence-electron chi connectivity index (χ0n) is 9.39. The molecule has 1 aromatic rings. The van der Waals surface area contributed by atoms with E-state index in [9.17, 15) is 0 Å². The van der Waals surface area contributed by atoms with Gasteiger partial charge in [0.25, 0.3) is 0 Å². The number of nitrogens with zero attached hydrogens (tertiary/aromatic N) is 2. The largest absolute Gasteiger partial charge is 0.382 e. The van der Waals surface area contributed by atoms with Gasteiger partial charge in [-0.15, -0.1) is 0 Å². The van der Waals surface area contributed by atoms with E-state index in [2.05, 4.69) is 27.7 Å². The lowest BCUT2D eigenvalue weighted by Gasteiger charge is -2.05. The van der Waals surface area contributed by atoms with E-state index in [1.54, 1.807) is 7.11 Å². The standard InChI is InChI=1S/C10H17IN2O3/c1-14-4-5-16-7-6-15-3-2-13-9-10(11)8-12-13/h8-9H,2-7H2,1H3. The van der Waals surface area contributed by atoms with Crippen LogP contribution in [0, 0.1) is 3.57 Å². The highest BCUT2D eigenvalue weighted by Crippen LogP contribution is 2.00. The molecule has 6 heteroatoms. The maximum absolute atomic E-state index is 5.40. The number of hydrogen-bond acceptors (Lipinski definition) is 4. The molecule has 0 bridgehead atoms. The first kappa shape index (κ1) is 13.9. The molecule has 1 heterocycles. The number of rotatable bonds is 9. The lowest BCUT2D eigenvalue weighted by atomic mass is 10.6. The van der Waals surface area contributed by atoms with Crippen molar-refractivity contribution < 1.29 is 14.2 Å². The quantitative estimate of drug-likeness (QED) is 0.500. The lowest BCUT2D eigenvalue weighted by molar-refractivity contribution is 0.0225. The summed E-state index contributed by atoms with van der Waals surface area (Å²) in [6.07, 6.45) is 3.81. The molecule has 0 saturated heterocycles. The Morgan fingerprint density at radius 2 is 1.88 bits per heavy atom. The van der Waals surface area contributed by atoms with Crippen molar-refractivity contribution in [2.75, 3.05) is 40.1 Å². The highest BCUT2D eigenvalue weighted by atomic mass is 127. The molecule has 0 N–H and O–H groups in total. The van der Waals surface area contributed by atoms with Crippen LogP contribution in [0.25, 0.3) is 0 Å². The highest BCUT2D eigenvalue weighted by molar-refractivity contribution is 14.1. The summed E-state index contributed by atoms with van der Waals surface area (Å²) in [5, 5.41) is 4.16. The van der Waals surface area contributed by atoms with Gasteiger partial charge in [-0.25, -0.2) is 0 Å².